The summed E-state index contributed by atoms with van der Waals surface area (Å²) in [6.07, 6.45) is -11.6. The predicted octanol–water partition coefficient (Wildman–Crippen LogP) is 6.94. The lowest BCUT2D eigenvalue weighted by atomic mass is 9.71. The minimum atomic E-state index is -6.31. The fraction of sp³-hybridized carbons (Fsp3) is 0.517. The predicted molar refractivity (Wildman–Crippen MR) is 139 cm³/mol. The Morgan fingerprint density at radius 1 is 0.930 bits per heavy atom. The van der Waals surface area contributed by atoms with Crippen LogP contribution in [0.3, 0.4) is 0 Å². The zero-order valence-electron chi connectivity index (χ0n) is 23.1. The lowest BCUT2D eigenvalue weighted by Crippen LogP contribution is -2.50. The summed E-state index contributed by atoms with van der Waals surface area (Å²) in [7, 11) is -2.09. The zero-order valence-corrected chi connectivity index (χ0v) is 23.9. The second-order valence-corrected chi connectivity index (χ2v) is 13.3. The number of benzene rings is 2. The Morgan fingerprint density at radius 2 is 1.49 bits per heavy atom. The molecule has 1 aliphatic carbocycles. The maximum absolute atomic E-state index is 14.7. The normalized spacial score (nSPS) is 25.9. The molecule has 0 spiro atoms. The summed E-state index contributed by atoms with van der Waals surface area (Å²) in [6.45, 7) is 2.90. The Morgan fingerprint density at radius 3 is 1.98 bits per heavy atom. The Balaban J connectivity index is 1.74. The van der Waals surface area contributed by atoms with Gasteiger partial charge in [0, 0.05) is 29.0 Å². The number of halogens is 8. The number of hydrogen-bond acceptors (Lipinski definition) is 3. The van der Waals surface area contributed by atoms with Crippen molar-refractivity contribution in [2.75, 3.05) is 13.1 Å². The van der Waals surface area contributed by atoms with Crippen LogP contribution in [-0.2, 0) is 30.8 Å². The minimum Gasteiger partial charge on any atom is -0.481 e. The van der Waals surface area contributed by atoms with Crippen LogP contribution in [-0.4, -0.2) is 51.5 Å². The molecule has 1 saturated carbocycles. The first kappa shape index (κ1) is 32.9. The van der Waals surface area contributed by atoms with Crippen molar-refractivity contribution in [3.63, 3.8) is 0 Å². The molecule has 2 atom stereocenters. The summed E-state index contributed by atoms with van der Waals surface area (Å²) >= 11 is 0. The van der Waals surface area contributed by atoms with Gasteiger partial charge in [0.25, 0.3) is 0 Å². The number of carboxylic acids is 1. The molecule has 4 rings (SSSR count). The number of carboxylic acid groups (broad SMARTS) is 1. The van der Waals surface area contributed by atoms with Gasteiger partial charge < -0.3 is 10.0 Å². The molecule has 0 radical (unpaired) electrons. The molecule has 43 heavy (non-hydrogen) atoms. The molecule has 1 unspecified atom stereocenters. The first-order chi connectivity index (χ1) is 19.8. The van der Waals surface area contributed by atoms with Crippen LogP contribution in [0.25, 0.3) is 0 Å². The van der Waals surface area contributed by atoms with Crippen molar-refractivity contribution in [1.82, 2.24) is 4.90 Å². The largest absolute Gasteiger partial charge is 0.481 e. The highest BCUT2D eigenvalue weighted by molar-refractivity contribution is 7.86. The molecule has 0 aromatic heterocycles. The van der Waals surface area contributed by atoms with Gasteiger partial charge in [-0.15, -0.1) is 0 Å². The van der Waals surface area contributed by atoms with E-state index in [1.807, 2.05) is 0 Å². The van der Waals surface area contributed by atoms with Gasteiger partial charge in [0.15, 0.2) is 0 Å². The van der Waals surface area contributed by atoms with Crippen LogP contribution in [0.4, 0.5) is 35.1 Å². The highest BCUT2D eigenvalue weighted by Gasteiger charge is 2.73. The van der Waals surface area contributed by atoms with Gasteiger partial charge in [0.05, 0.1) is 21.5 Å². The molecule has 2 aromatic rings. The van der Waals surface area contributed by atoms with Crippen molar-refractivity contribution in [2.24, 2.45) is 11.3 Å². The Labute approximate surface area is 244 Å². The van der Waals surface area contributed by atoms with Gasteiger partial charge in [-0.1, -0.05) is 31.2 Å². The van der Waals surface area contributed by atoms with Gasteiger partial charge in [0.1, 0.15) is 5.82 Å². The van der Waals surface area contributed by atoms with Crippen LogP contribution in [0.5, 0.6) is 0 Å². The van der Waals surface area contributed by atoms with E-state index in [-0.39, 0.29) is 67.1 Å². The first-order valence-corrected chi connectivity index (χ1v) is 14.6. The number of aliphatic carboxylic acids is 1. The first-order valence-electron chi connectivity index (χ1n) is 13.4. The third kappa shape index (κ3) is 5.66. The summed E-state index contributed by atoms with van der Waals surface area (Å²) in [6, 6.07) is 6.03. The van der Waals surface area contributed by atoms with Gasteiger partial charge >= 0.3 is 24.0 Å². The molecule has 1 amide bonds. The molecule has 1 aliphatic heterocycles. The number of rotatable bonds is 6. The third-order valence-electron chi connectivity index (χ3n) is 8.76. The lowest BCUT2D eigenvalue weighted by Gasteiger charge is -2.38. The minimum absolute atomic E-state index is 0.0123. The molecule has 2 fully saturated rings. The smallest absolute Gasteiger partial charge is 0.435 e. The van der Waals surface area contributed by atoms with E-state index in [0.717, 1.165) is 18.2 Å². The summed E-state index contributed by atoms with van der Waals surface area (Å²) < 4.78 is 121. The van der Waals surface area contributed by atoms with Crippen LogP contribution in [0, 0.1) is 24.1 Å². The second-order valence-electron chi connectivity index (χ2n) is 11.6. The topological polar surface area (TPSA) is 74.7 Å². The van der Waals surface area contributed by atoms with E-state index in [1.54, 1.807) is 6.92 Å². The standard InChI is InChI=1S/C29H29F8NO4S/c1-17-15-21(7-8-22(17)30)43(42)26(19-3-5-20(6-4-19)27(31,28(32,33)34)29(35,36)37)13-14-38(16-26)24(41)25(2)11-9-18(10-12-25)23(39)40/h3-8,15,18H,9-14,16H2,1-2H3,(H,39,40)/t18?,25?,26-,43?/m0/s1. The van der Waals surface area contributed by atoms with Crippen LogP contribution in [0.15, 0.2) is 47.4 Å². The van der Waals surface area contributed by atoms with E-state index >= 15 is 0 Å². The summed E-state index contributed by atoms with van der Waals surface area (Å²) in [5.41, 5.74) is -8.14. The summed E-state index contributed by atoms with van der Waals surface area (Å²) in [5, 5.41) is 9.32. The average Bonchev–Trinajstić information content (AvgIpc) is 3.39. The van der Waals surface area contributed by atoms with E-state index in [1.165, 1.54) is 24.0 Å². The Kier molecular flexibility index (Phi) is 8.53. The number of amides is 1. The molecule has 236 valence electrons. The number of nitrogens with zero attached hydrogens (tertiary/aromatic N) is 1. The SMILES string of the molecule is Cc1cc(S(=O)[C@@]2(c3ccc(C(F)(C(F)(F)F)C(F)(F)F)cc3)CCN(C(=O)C3(C)CCC(C(=O)O)CC3)C2)ccc1F. The van der Waals surface area contributed by atoms with Gasteiger partial charge in [-0.3, -0.25) is 13.8 Å². The van der Waals surface area contributed by atoms with E-state index in [0.29, 0.717) is 12.1 Å². The Hall–Kier alpha value is -3.03. The molecule has 1 N–H and O–H groups in total. The van der Waals surface area contributed by atoms with Crippen molar-refractivity contribution >= 4 is 22.7 Å². The van der Waals surface area contributed by atoms with Crippen molar-refractivity contribution in [1.29, 1.82) is 0 Å². The molecule has 0 bridgehead atoms. The monoisotopic (exact) mass is 639 g/mol. The molecule has 14 heteroatoms. The summed E-state index contributed by atoms with van der Waals surface area (Å²) in [4.78, 5) is 26.6. The van der Waals surface area contributed by atoms with Crippen molar-refractivity contribution in [2.45, 2.75) is 73.6 Å². The van der Waals surface area contributed by atoms with E-state index in [9.17, 15) is 54.0 Å². The molecular weight excluding hydrogens is 610 g/mol. The fourth-order valence-corrected chi connectivity index (χ4v) is 7.82. The number of carbonyl (C=O) groups is 2. The number of likely N-dealkylation sites (tertiary alicyclic amines) is 1. The number of hydrogen-bond donors (Lipinski definition) is 1. The molecule has 1 heterocycles. The molecule has 5 nitrogen and oxygen atoms in total. The molecule has 1 saturated heterocycles. The van der Waals surface area contributed by atoms with Crippen LogP contribution >= 0.6 is 0 Å². The molecule has 2 aromatic carbocycles. The van der Waals surface area contributed by atoms with Crippen molar-refractivity contribution in [3.8, 4) is 0 Å². The van der Waals surface area contributed by atoms with E-state index in [2.05, 4.69) is 0 Å². The van der Waals surface area contributed by atoms with Gasteiger partial charge in [0.2, 0.25) is 5.91 Å². The number of aryl methyl sites for hydroxylation is 1. The highest BCUT2D eigenvalue weighted by Crippen LogP contribution is 2.54. The highest BCUT2D eigenvalue weighted by atomic mass is 32.2. The van der Waals surface area contributed by atoms with Crippen molar-refractivity contribution < 1.29 is 54.0 Å². The Bertz CT molecular complexity index is 1400. The van der Waals surface area contributed by atoms with E-state index in [4.69, 9.17) is 0 Å². The van der Waals surface area contributed by atoms with Crippen LogP contribution in [0.1, 0.15) is 55.7 Å². The van der Waals surface area contributed by atoms with Gasteiger partial charge in [-0.25, -0.2) is 8.78 Å². The molecular formula is C29H29F8NO4S. The fourth-order valence-electron chi connectivity index (χ4n) is 6.00. The maximum atomic E-state index is 14.7. The second kappa shape index (κ2) is 11.2. The van der Waals surface area contributed by atoms with Crippen LogP contribution < -0.4 is 0 Å². The quantitative estimate of drug-likeness (QED) is 0.348. The number of alkyl halides is 7. The molecule has 2 aliphatic rings. The van der Waals surface area contributed by atoms with Crippen molar-refractivity contribution in [3.05, 3.63) is 65.0 Å². The summed E-state index contributed by atoms with van der Waals surface area (Å²) in [5.74, 6) is -2.50. The van der Waals surface area contributed by atoms with Crippen LogP contribution in [0.2, 0.25) is 0 Å². The van der Waals surface area contributed by atoms with Gasteiger partial charge in [-0.2, -0.15) is 26.3 Å². The third-order valence-corrected chi connectivity index (χ3v) is 10.7. The zero-order chi connectivity index (χ0) is 32.2. The van der Waals surface area contributed by atoms with E-state index < -0.39 is 62.3 Å². The average molecular weight is 640 g/mol. The maximum Gasteiger partial charge on any atom is 0.435 e. The lowest BCUT2D eigenvalue weighted by molar-refractivity contribution is -0.348. The number of carbonyl (C=O) groups excluding carboxylic acids is 1. The van der Waals surface area contributed by atoms with Gasteiger partial charge in [-0.05, 0) is 68.4 Å².